The normalized spacial score (nSPS) is 29.6. The first-order valence-electron chi connectivity index (χ1n) is 11.3. The number of carbonyl (C=O) groups is 1. The molecule has 0 spiro atoms. The standard InChI is InChI=1S/C24H29N5O/c1-16-5-6-28(27-16)13-20-14-29-21(3-2-4-22(29)26-20)23(30)25-15-24-10-17-7-18(11-24)9-19(8-17)12-24/h2-6,14,17-19H,7-13,15H2,1H3,(H,25,30). The number of nitrogens with one attached hydrogen (secondary N) is 1. The number of pyridine rings is 1. The highest BCUT2D eigenvalue weighted by atomic mass is 16.1. The van der Waals surface area contributed by atoms with Gasteiger partial charge in [0.2, 0.25) is 0 Å². The smallest absolute Gasteiger partial charge is 0.268 e. The van der Waals surface area contributed by atoms with E-state index >= 15 is 0 Å². The van der Waals surface area contributed by atoms with Crippen LogP contribution >= 0.6 is 0 Å². The van der Waals surface area contributed by atoms with Crippen LogP contribution < -0.4 is 5.32 Å². The number of aromatic nitrogens is 4. The molecule has 3 heterocycles. The largest absolute Gasteiger partial charge is 0.350 e. The van der Waals surface area contributed by atoms with Crippen molar-refractivity contribution in [1.82, 2.24) is 24.5 Å². The van der Waals surface area contributed by atoms with E-state index in [9.17, 15) is 4.79 Å². The Hall–Kier alpha value is -2.63. The van der Waals surface area contributed by atoms with E-state index in [1.807, 2.05) is 52.7 Å². The van der Waals surface area contributed by atoms with Gasteiger partial charge in [-0.3, -0.25) is 13.9 Å². The minimum Gasteiger partial charge on any atom is -0.350 e. The Balaban J connectivity index is 1.20. The second kappa shape index (κ2) is 6.69. The van der Waals surface area contributed by atoms with Gasteiger partial charge in [0.25, 0.3) is 5.91 Å². The van der Waals surface area contributed by atoms with E-state index in [1.165, 1.54) is 38.5 Å². The van der Waals surface area contributed by atoms with Crippen LogP contribution in [0.2, 0.25) is 0 Å². The van der Waals surface area contributed by atoms with Crippen molar-refractivity contribution in [3.05, 3.63) is 53.7 Å². The molecule has 3 aromatic heterocycles. The van der Waals surface area contributed by atoms with E-state index < -0.39 is 0 Å². The molecule has 0 radical (unpaired) electrons. The zero-order chi connectivity index (χ0) is 20.3. The van der Waals surface area contributed by atoms with Gasteiger partial charge in [0.1, 0.15) is 11.3 Å². The lowest BCUT2D eigenvalue weighted by Gasteiger charge is -2.56. The maximum atomic E-state index is 13.1. The molecule has 0 saturated heterocycles. The van der Waals surface area contributed by atoms with Crippen molar-refractivity contribution in [1.29, 1.82) is 0 Å². The number of rotatable bonds is 5. The maximum Gasteiger partial charge on any atom is 0.268 e. The third kappa shape index (κ3) is 3.13. The minimum absolute atomic E-state index is 0.00947. The maximum absolute atomic E-state index is 13.1. The van der Waals surface area contributed by atoms with E-state index in [-0.39, 0.29) is 5.91 Å². The summed E-state index contributed by atoms with van der Waals surface area (Å²) in [6, 6.07) is 7.75. The van der Waals surface area contributed by atoms with Crippen LogP contribution in [-0.2, 0) is 6.54 Å². The molecule has 0 atom stereocenters. The van der Waals surface area contributed by atoms with E-state index in [2.05, 4.69) is 10.4 Å². The summed E-state index contributed by atoms with van der Waals surface area (Å²) in [6.45, 7) is 3.40. The van der Waals surface area contributed by atoms with Gasteiger partial charge >= 0.3 is 0 Å². The fourth-order valence-corrected chi connectivity index (χ4v) is 6.90. The van der Waals surface area contributed by atoms with Crippen molar-refractivity contribution in [2.45, 2.75) is 52.0 Å². The fraction of sp³-hybridized carbons (Fsp3) is 0.542. The van der Waals surface area contributed by atoms with Crippen molar-refractivity contribution < 1.29 is 4.79 Å². The summed E-state index contributed by atoms with van der Waals surface area (Å²) in [5.41, 5.74) is 3.70. The molecule has 1 N–H and O–H groups in total. The highest BCUT2D eigenvalue weighted by molar-refractivity contribution is 5.93. The molecule has 3 aromatic rings. The van der Waals surface area contributed by atoms with Crippen LogP contribution in [0.25, 0.3) is 5.65 Å². The number of amides is 1. The third-order valence-corrected chi connectivity index (χ3v) is 7.66. The molecule has 0 unspecified atom stereocenters. The van der Waals surface area contributed by atoms with Crippen LogP contribution in [-0.4, -0.2) is 31.6 Å². The summed E-state index contributed by atoms with van der Waals surface area (Å²) in [7, 11) is 0. The van der Waals surface area contributed by atoms with Crippen LogP contribution in [0.3, 0.4) is 0 Å². The Morgan fingerprint density at radius 3 is 2.53 bits per heavy atom. The number of carbonyl (C=O) groups excluding carboxylic acids is 1. The number of hydrogen-bond donors (Lipinski definition) is 1. The monoisotopic (exact) mass is 403 g/mol. The quantitative estimate of drug-likeness (QED) is 0.704. The first-order chi connectivity index (χ1) is 14.6. The molecule has 156 valence electrons. The minimum atomic E-state index is 0.00947. The van der Waals surface area contributed by atoms with Crippen molar-refractivity contribution >= 4 is 11.6 Å². The molecule has 4 aliphatic carbocycles. The predicted molar refractivity (Wildman–Crippen MR) is 114 cm³/mol. The third-order valence-electron chi connectivity index (χ3n) is 7.66. The van der Waals surface area contributed by atoms with E-state index in [1.54, 1.807) is 0 Å². The topological polar surface area (TPSA) is 64.2 Å². The van der Waals surface area contributed by atoms with Crippen molar-refractivity contribution in [2.24, 2.45) is 23.2 Å². The van der Waals surface area contributed by atoms with Gasteiger partial charge in [0.05, 0.1) is 17.9 Å². The number of hydrogen-bond acceptors (Lipinski definition) is 3. The molecule has 4 aliphatic rings. The predicted octanol–water partition coefficient (Wildman–Crippen LogP) is 3.83. The molecule has 4 fully saturated rings. The zero-order valence-corrected chi connectivity index (χ0v) is 17.6. The van der Waals surface area contributed by atoms with Crippen LogP contribution in [0.1, 0.15) is 60.4 Å². The van der Waals surface area contributed by atoms with Gasteiger partial charge in [-0.2, -0.15) is 5.10 Å². The zero-order valence-electron chi connectivity index (χ0n) is 17.6. The summed E-state index contributed by atoms with van der Waals surface area (Å²) in [5.74, 6) is 2.71. The molecule has 4 saturated carbocycles. The van der Waals surface area contributed by atoms with Gasteiger partial charge in [-0.1, -0.05) is 6.07 Å². The average molecular weight is 404 g/mol. The van der Waals surface area contributed by atoms with Gasteiger partial charge in [-0.05, 0) is 86.8 Å². The van der Waals surface area contributed by atoms with Crippen LogP contribution in [0.5, 0.6) is 0 Å². The molecule has 7 rings (SSSR count). The summed E-state index contributed by atoms with van der Waals surface area (Å²) in [4.78, 5) is 17.8. The first kappa shape index (κ1) is 18.2. The Bertz CT molecular complexity index is 1070. The average Bonchev–Trinajstić information content (AvgIpc) is 3.30. The summed E-state index contributed by atoms with van der Waals surface area (Å²) >= 11 is 0. The molecule has 1 amide bonds. The lowest BCUT2D eigenvalue weighted by atomic mass is 9.49. The fourth-order valence-electron chi connectivity index (χ4n) is 6.90. The molecular weight excluding hydrogens is 374 g/mol. The Morgan fingerprint density at radius 2 is 1.87 bits per heavy atom. The van der Waals surface area contributed by atoms with Gasteiger partial charge in [-0.15, -0.1) is 0 Å². The van der Waals surface area contributed by atoms with E-state index in [0.29, 0.717) is 17.7 Å². The van der Waals surface area contributed by atoms with Crippen molar-refractivity contribution in [2.75, 3.05) is 6.54 Å². The second-order valence-electron chi connectivity index (χ2n) is 10.1. The second-order valence-corrected chi connectivity index (χ2v) is 10.1. The number of aryl methyl sites for hydroxylation is 1. The summed E-state index contributed by atoms with van der Waals surface area (Å²) in [5, 5.41) is 7.75. The lowest BCUT2D eigenvalue weighted by molar-refractivity contribution is -0.0503. The number of imidazole rings is 1. The van der Waals surface area contributed by atoms with Crippen LogP contribution in [0.15, 0.2) is 36.7 Å². The van der Waals surface area contributed by atoms with E-state index in [4.69, 9.17) is 4.98 Å². The molecule has 30 heavy (non-hydrogen) atoms. The van der Waals surface area contributed by atoms with Gasteiger partial charge in [0, 0.05) is 18.9 Å². The van der Waals surface area contributed by atoms with Gasteiger partial charge in [0.15, 0.2) is 0 Å². The highest BCUT2D eigenvalue weighted by Gasteiger charge is 2.50. The van der Waals surface area contributed by atoms with Gasteiger partial charge in [-0.25, -0.2) is 4.98 Å². The molecule has 6 nitrogen and oxygen atoms in total. The van der Waals surface area contributed by atoms with Crippen molar-refractivity contribution in [3.8, 4) is 0 Å². The van der Waals surface area contributed by atoms with Crippen LogP contribution in [0.4, 0.5) is 0 Å². The summed E-state index contributed by atoms with van der Waals surface area (Å²) < 4.78 is 3.80. The lowest BCUT2D eigenvalue weighted by Crippen LogP contribution is -2.51. The van der Waals surface area contributed by atoms with Crippen molar-refractivity contribution in [3.63, 3.8) is 0 Å². The Kier molecular flexibility index (Phi) is 4.05. The van der Waals surface area contributed by atoms with Gasteiger partial charge < -0.3 is 5.32 Å². The highest BCUT2D eigenvalue weighted by Crippen LogP contribution is 2.59. The SMILES string of the molecule is Cc1ccn(Cc2cn3c(C(=O)NCC45CC6CC(CC(C6)C4)C5)cccc3n2)n1. The molecule has 4 bridgehead atoms. The number of fused-ring (bicyclic) bond motifs is 1. The summed E-state index contributed by atoms with van der Waals surface area (Å²) in [6.07, 6.45) is 12.1. The van der Waals surface area contributed by atoms with Crippen LogP contribution in [0, 0.1) is 30.1 Å². The molecule has 0 aliphatic heterocycles. The Morgan fingerprint density at radius 1 is 1.13 bits per heavy atom. The molecule has 6 heteroatoms. The number of nitrogens with zero attached hydrogens (tertiary/aromatic N) is 4. The Labute approximate surface area is 176 Å². The first-order valence-corrected chi connectivity index (χ1v) is 11.3. The molecular formula is C24H29N5O. The van der Waals surface area contributed by atoms with E-state index in [0.717, 1.165) is 41.3 Å². The molecule has 0 aromatic carbocycles.